The van der Waals surface area contributed by atoms with Crippen LogP contribution in [0.2, 0.25) is 0 Å². The molecule has 6 aromatic heterocycles. The molecule has 0 spiro atoms. The highest BCUT2D eigenvalue weighted by Crippen LogP contribution is 2.37. The summed E-state index contributed by atoms with van der Waals surface area (Å²) in [7, 11) is 3.79. The molecule has 12 N–H and O–H groups in total. The molecule has 402 valence electrons. The van der Waals surface area contributed by atoms with Gasteiger partial charge in [0.15, 0.2) is 34.0 Å². The highest BCUT2D eigenvalue weighted by Gasteiger charge is 2.45. The Morgan fingerprint density at radius 2 is 1.04 bits per heavy atom. The number of rotatable bonds is 18. The molecule has 4 aliphatic rings. The Kier molecular flexibility index (Phi) is 14.9. The number of nitrogens with zero attached hydrogens (tertiary/aromatic N) is 14. The molecule has 2 aliphatic carbocycles. The summed E-state index contributed by atoms with van der Waals surface area (Å²) in [6, 6.07) is -3.40. The van der Waals surface area contributed by atoms with Gasteiger partial charge in [-0.3, -0.25) is 9.59 Å². The van der Waals surface area contributed by atoms with Crippen LogP contribution in [0.5, 0.6) is 0 Å². The van der Waals surface area contributed by atoms with Gasteiger partial charge < -0.3 is 90.6 Å². The van der Waals surface area contributed by atoms with Crippen molar-refractivity contribution in [3.63, 3.8) is 0 Å². The number of hydrogen-bond acceptors (Lipinski definition) is 21. The molecule has 4 fully saturated rings. The number of carbonyl (C=O) groups is 3. The molecule has 0 radical (unpaired) electrons. The first-order valence-electron chi connectivity index (χ1n) is 25.2. The van der Waals surface area contributed by atoms with E-state index in [0.717, 1.165) is 11.4 Å². The molecule has 8 heterocycles. The number of amides is 4. The SMILES string of the molecule is Cn1cnc(CCNc2nc(NC3CCN(C(=O)N4CC[C@@H](Nc5nc(NCCc6cn(C)cn6)nc6c5ncn6[C@@H]5C[C@H](NC(=O)CO)[C@@H](O)[C@H]5O)C4)CC3)c3ncn([C@@H]4C[C@H](NC(=O)CO)[C@@H](O)[C@H]4O)c3n2)c1. The number of imidazole rings is 4. The fourth-order valence-corrected chi connectivity index (χ4v) is 10.7. The predicted octanol–water partition coefficient (Wildman–Crippen LogP) is -2.79. The Labute approximate surface area is 428 Å². The lowest BCUT2D eigenvalue weighted by Gasteiger charge is -2.35. The van der Waals surface area contributed by atoms with Crippen LogP contribution in [0, 0.1) is 0 Å². The van der Waals surface area contributed by atoms with E-state index in [0.29, 0.717) is 117 Å². The van der Waals surface area contributed by atoms with Gasteiger partial charge in [-0.25, -0.2) is 24.7 Å². The molecule has 9 atom stereocenters. The van der Waals surface area contributed by atoms with E-state index < -0.39 is 73.6 Å². The summed E-state index contributed by atoms with van der Waals surface area (Å²) in [4.78, 5) is 79.2. The van der Waals surface area contributed by atoms with E-state index in [9.17, 15) is 45.0 Å². The van der Waals surface area contributed by atoms with Crippen molar-refractivity contribution in [3.05, 3.63) is 49.1 Å². The van der Waals surface area contributed by atoms with E-state index in [1.54, 1.807) is 21.8 Å². The van der Waals surface area contributed by atoms with Crippen molar-refractivity contribution in [2.45, 2.75) is 106 Å². The van der Waals surface area contributed by atoms with Gasteiger partial charge in [-0.15, -0.1) is 0 Å². The monoisotopic (exact) mass is 1040 g/mol. The second-order valence-corrected chi connectivity index (χ2v) is 19.9. The van der Waals surface area contributed by atoms with E-state index in [1.807, 2.05) is 45.4 Å². The minimum atomic E-state index is -1.30. The molecule has 2 saturated carbocycles. The van der Waals surface area contributed by atoms with Crippen LogP contribution in [0.4, 0.5) is 28.3 Å². The zero-order valence-electron chi connectivity index (χ0n) is 41.5. The van der Waals surface area contributed by atoms with Crippen molar-refractivity contribution in [2.75, 3.05) is 73.7 Å². The van der Waals surface area contributed by atoms with Crippen molar-refractivity contribution >= 4 is 63.7 Å². The number of likely N-dealkylation sites (tertiary alicyclic amines) is 2. The van der Waals surface area contributed by atoms with Gasteiger partial charge >= 0.3 is 6.03 Å². The zero-order valence-corrected chi connectivity index (χ0v) is 41.5. The van der Waals surface area contributed by atoms with Crippen LogP contribution in [-0.4, -0.2) is 217 Å². The van der Waals surface area contributed by atoms with Crippen molar-refractivity contribution in [3.8, 4) is 0 Å². The maximum atomic E-state index is 14.1. The number of fused-ring (bicyclic) bond motifs is 2. The van der Waals surface area contributed by atoms with Gasteiger partial charge in [-0.05, 0) is 32.1 Å². The summed E-state index contributed by atoms with van der Waals surface area (Å²) in [5, 5.41) is 81.4. The number of urea groups is 1. The number of nitrogens with one attached hydrogen (secondary N) is 6. The van der Waals surface area contributed by atoms with Crippen molar-refractivity contribution in [1.82, 2.24) is 78.6 Å². The zero-order chi connectivity index (χ0) is 52.5. The van der Waals surface area contributed by atoms with Gasteiger partial charge in [-0.2, -0.15) is 19.9 Å². The van der Waals surface area contributed by atoms with Crippen molar-refractivity contribution < 1.29 is 45.0 Å². The van der Waals surface area contributed by atoms with Gasteiger partial charge in [-0.1, -0.05) is 0 Å². The molecule has 6 aromatic rings. The largest absolute Gasteiger partial charge is 0.388 e. The molecule has 29 nitrogen and oxygen atoms in total. The molecule has 0 bridgehead atoms. The first-order valence-corrected chi connectivity index (χ1v) is 25.2. The maximum absolute atomic E-state index is 14.1. The molecule has 75 heavy (non-hydrogen) atoms. The Morgan fingerprint density at radius 1 is 0.587 bits per heavy atom. The number of piperidine rings is 1. The second kappa shape index (κ2) is 21.9. The van der Waals surface area contributed by atoms with Gasteiger partial charge in [0, 0.05) is 90.7 Å². The summed E-state index contributed by atoms with van der Waals surface area (Å²) in [5.74, 6) is 0.146. The molecule has 4 amide bonds. The van der Waals surface area contributed by atoms with Crippen LogP contribution < -0.4 is 31.9 Å². The normalized spacial score (nSPS) is 25.1. The van der Waals surface area contributed by atoms with E-state index in [1.165, 1.54) is 12.7 Å². The fourth-order valence-electron chi connectivity index (χ4n) is 10.7. The van der Waals surface area contributed by atoms with E-state index >= 15 is 0 Å². The lowest BCUT2D eigenvalue weighted by molar-refractivity contribution is -0.126. The van der Waals surface area contributed by atoms with E-state index in [-0.39, 0.29) is 31.0 Å². The number of anilines is 4. The quantitative estimate of drug-likeness (QED) is 0.0414. The number of aliphatic hydroxyl groups is 6. The Balaban J connectivity index is 0.803. The average molecular weight is 1040 g/mol. The third-order valence-electron chi connectivity index (χ3n) is 14.6. The van der Waals surface area contributed by atoms with Gasteiger partial charge in [0.1, 0.15) is 37.6 Å². The van der Waals surface area contributed by atoms with E-state index in [4.69, 9.17) is 19.9 Å². The summed E-state index contributed by atoms with van der Waals surface area (Å²) in [6.45, 7) is 1.26. The Hall–Kier alpha value is -7.31. The summed E-state index contributed by atoms with van der Waals surface area (Å²) in [5.41, 5.74) is 3.41. The highest BCUT2D eigenvalue weighted by molar-refractivity contribution is 5.86. The number of aryl methyl sites for hydroxylation is 2. The number of hydrogen-bond donors (Lipinski definition) is 12. The van der Waals surface area contributed by atoms with Crippen LogP contribution in [-0.2, 0) is 36.5 Å². The summed E-state index contributed by atoms with van der Waals surface area (Å²) < 4.78 is 7.08. The standard InChI is InChI=1S/C46H64N20O9/c1-61-15-25(49-20-61)3-8-47-44-57-40(34-42(59-44)65(22-51-34)30-13-28(36(71)38(30)73)55-32(69)18-67)53-24-5-10-63(11-6-24)46(75)64-12-7-27(17-64)54-41-35-43(60-45(58-41)48-9-4-26-16-62(2)21-50-26)66(23-52-35)31-14-29(37(72)39(31)74)56-33(70)19-68/h15-16,20-24,27-31,36-39,67-68,71-74H,3-14,17-19H2,1-2H3,(H,55,69)(H,56,70)(H2,47,53,57,59)(H2,48,54,58,60)/t27-,28+,29+,30-,31-,36-,37-,38+,39+/m1/s1. The van der Waals surface area contributed by atoms with E-state index in [2.05, 4.69) is 51.8 Å². The van der Waals surface area contributed by atoms with Crippen LogP contribution in [0.1, 0.15) is 55.6 Å². The smallest absolute Gasteiger partial charge is 0.320 e. The Morgan fingerprint density at radius 3 is 1.49 bits per heavy atom. The van der Waals surface area contributed by atoms with Crippen LogP contribution >= 0.6 is 0 Å². The summed E-state index contributed by atoms with van der Waals surface area (Å²) >= 11 is 0. The predicted molar refractivity (Wildman–Crippen MR) is 268 cm³/mol. The molecule has 2 aliphatic heterocycles. The summed E-state index contributed by atoms with van der Waals surface area (Å²) in [6.07, 6.45) is 8.59. The fraction of sp³-hybridized carbons (Fsp3) is 0.587. The number of aliphatic hydroxyl groups excluding tert-OH is 6. The van der Waals surface area contributed by atoms with Crippen LogP contribution in [0.15, 0.2) is 37.7 Å². The topological polar surface area (TPSA) is 374 Å². The van der Waals surface area contributed by atoms with Gasteiger partial charge in [0.25, 0.3) is 0 Å². The molecule has 10 rings (SSSR count). The number of carbonyl (C=O) groups excluding carboxylic acids is 3. The second-order valence-electron chi connectivity index (χ2n) is 19.9. The minimum Gasteiger partial charge on any atom is -0.388 e. The molecular weight excluding hydrogens is 977 g/mol. The molecule has 2 saturated heterocycles. The van der Waals surface area contributed by atoms with Crippen LogP contribution in [0.3, 0.4) is 0 Å². The van der Waals surface area contributed by atoms with Crippen molar-refractivity contribution in [2.24, 2.45) is 14.1 Å². The molecule has 0 aromatic carbocycles. The van der Waals surface area contributed by atoms with Gasteiger partial charge in [0.05, 0.1) is 60.9 Å². The molecule has 29 heteroatoms. The average Bonchev–Trinajstić information content (AvgIpc) is 4.31. The lowest BCUT2D eigenvalue weighted by Crippen LogP contribution is -2.48. The minimum absolute atomic E-state index is 0.0864. The van der Waals surface area contributed by atoms with Crippen LogP contribution in [0.25, 0.3) is 22.3 Å². The Bertz CT molecular complexity index is 2990. The molecular formula is C46H64N20O9. The first-order chi connectivity index (χ1) is 36.2. The van der Waals surface area contributed by atoms with Crippen molar-refractivity contribution in [1.29, 1.82) is 0 Å². The first kappa shape index (κ1) is 51.2. The van der Waals surface area contributed by atoms with Gasteiger partial charge in [0.2, 0.25) is 23.7 Å². The highest BCUT2D eigenvalue weighted by atomic mass is 16.3. The third-order valence-corrected chi connectivity index (χ3v) is 14.6. The number of aromatic nitrogens is 12. The lowest BCUT2D eigenvalue weighted by atomic mass is 10.1. The molecule has 0 unspecified atom stereocenters. The maximum Gasteiger partial charge on any atom is 0.320 e. The third kappa shape index (κ3) is 10.9.